The van der Waals surface area contributed by atoms with E-state index >= 15 is 0 Å². The van der Waals surface area contributed by atoms with Crippen molar-refractivity contribution in [2.24, 2.45) is 0 Å². The first kappa shape index (κ1) is 30.6. The lowest BCUT2D eigenvalue weighted by atomic mass is 9.54. The minimum atomic E-state index is -0.0686. The van der Waals surface area contributed by atoms with Gasteiger partial charge in [0.25, 0.3) is 0 Å². The van der Waals surface area contributed by atoms with Gasteiger partial charge in [-0.15, -0.1) is 11.3 Å². The maximum Gasteiger partial charge on any atom is 0.0468 e. The molecular weight excluding hydrogens is 635 g/mol. The molecule has 1 nitrogen and oxygen atoms in total. The average Bonchev–Trinajstić information content (AvgIpc) is 3.61. The van der Waals surface area contributed by atoms with E-state index in [0.717, 1.165) is 5.69 Å². The fraction of sp³-hybridized carbons (Fsp3) is 0.184. The van der Waals surface area contributed by atoms with Crippen molar-refractivity contribution in [3.05, 3.63) is 162 Å². The Morgan fingerprint density at radius 2 is 1.08 bits per heavy atom. The molecule has 0 saturated carbocycles. The topological polar surface area (TPSA) is 3.24 Å². The molecule has 10 rings (SSSR count). The largest absolute Gasteiger partial charge is 0.310 e. The minimum Gasteiger partial charge on any atom is -0.310 e. The summed E-state index contributed by atoms with van der Waals surface area (Å²) in [5, 5.41) is 5.34. The van der Waals surface area contributed by atoms with Crippen molar-refractivity contribution in [1.82, 2.24) is 0 Å². The first-order valence-electron chi connectivity index (χ1n) is 18.2. The zero-order chi connectivity index (χ0) is 34.9. The maximum absolute atomic E-state index is 2.52. The van der Waals surface area contributed by atoms with E-state index in [1.165, 1.54) is 86.8 Å². The molecular formula is C49H41NS. The fourth-order valence-corrected chi connectivity index (χ4v) is 10.5. The van der Waals surface area contributed by atoms with Gasteiger partial charge in [-0.3, -0.25) is 0 Å². The number of fused-ring (bicyclic) bond motifs is 11. The summed E-state index contributed by atoms with van der Waals surface area (Å²) in [7, 11) is 0. The molecule has 1 heterocycles. The van der Waals surface area contributed by atoms with Crippen LogP contribution in [0.4, 0.5) is 17.1 Å². The molecule has 0 N–H and O–H groups in total. The zero-order valence-corrected chi connectivity index (χ0v) is 31.0. The molecule has 0 amide bonds. The Bertz CT molecular complexity index is 2720. The van der Waals surface area contributed by atoms with Crippen LogP contribution in [0.15, 0.2) is 140 Å². The smallest absolute Gasteiger partial charge is 0.0468 e. The van der Waals surface area contributed by atoms with Crippen LogP contribution in [0.2, 0.25) is 0 Å². The van der Waals surface area contributed by atoms with Crippen molar-refractivity contribution in [2.45, 2.75) is 57.8 Å². The molecule has 0 aliphatic heterocycles. The highest BCUT2D eigenvalue weighted by Gasteiger charge is 2.47. The lowest BCUT2D eigenvalue weighted by Gasteiger charge is -2.49. The van der Waals surface area contributed by atoms with Crippen molar-refractivity contribution in [2.75, 3.05) is 4.90 Å². The van der Waals surface area contributed by atoms with Crippen LogP contribution in [0.1, 0.15) is 63.8 Å². The molecule has 2 heteroatoms. The van der Waals surface area contributed by atoms with E-state index in [9.17, 15) is 0 Å². The molecule has 0 bridgehead atoms. The number of rotatable bonds is 3. The minimum absolute atomic E-state index is 0.0459. The molecule has 0 atom stereocenters. The van der Waals surface area contributed by atoms with E-state index in [-0.39, 0.29) is 16.2 Å². The SMILES string of the molecule is CC1(C)c2ccccc2-c2ccc(N(c3ccccc3)c3ccc4sc5cc6c(cc5c4c3)-c3ccc4ccccc4c3C(C)(C)C6(C)C)cc21. The lowest BCUT2D eigenvalue weighted by molar-refractivity contribution is 0.301. The summed E-state index contributed by atoms with van der Waals surface area (Å²) in [6, 6.07) is 52.5. The third kappa shape index (κ3) is 4.14. The van der Waals surface area contributed by atoms with E-state index in [1.807, 2.05) is 11.3 Å². The fourth-order valence-electron chi connectivity index (χ4n) is 9.36. The number of anilines is 3. The second-order valence-electron chi connectivity index (χ2n) is 16.2. The van der Waals surface area contributed by atoms with Gasteiger partial charge in [-0.1, -0.05) is 126 Å². The molecule has 2 aliphatic carbocycles. The van der Waals surface area contributed by atoms with E-state index in [4.69, 9.17) is 0 Å². The molecule has 7 aromatic carbocycles. The van der Waals surface area contributed by atoms with Crippen LogP contribution in [0.25, 0.3) is 53.2 Å². The van der Waals surface area contributed by atoms with Crippen molar-refractivity contribution >= 4 is 59.3 Å². The van der Waals surface area contributed by atoms with Gasteiger partial charge in [0.05, 0.1) is 0 Å². The Hall–Kier alpha value is -5.18. The van der Waals surface area contributed by atoms with Crippen molar-refractivity contribution in [1.29, 1.82) is 0 Å². The predicted octanol–water partition coefficient (Wildman–Crippen LogP) is 14.2. The van der Waals surface area contributed by atoms with Gasteiger partial charge in [0.2, 0.25) is 0 Å². The van der Waals surface area contributed by atoms with Gasteiger partial charge < -0.3 is 4.90 Å². The highest BCUT2D eigenvalue weighted by atomic mass is 32.1. The molecule has 0 fully saturated rings. The molecule has 0 spiro atoms. The van der Waals surface area contributed by atoms with Gasteiger partial charge >= 0.3 is 0 Å². The summed E-state index contributed by atoms with van der Waals surface area (Å²) >= 11 is 1.92. The Morgan fingerprint density at radius 1 is 0.412 bits per heavy atom. The van der Waals surface area contributed by atoms with Crippen LogP contribution in [0.5, 0.6) is 0 Å². The number of benzene rings is 7. The maximum atomic E-state index is 2.52. The van der Waals surface area contributed by atoms with Gasteiger partial charge in [-0.25, -0.2) is 0 Å². The van der Waals surface area contributed by atoms with Crippen molar-refractivity contribution in [3.63, 3.8) is 0 Å². The van der Waals surface area contributed by atoms with Gasteiger partial charge in [-0.05, 0) is 115 Å². The van der Waals surface area contributed by atoms with Gasteiger partial charge in [-0.2, -0.15) is 0 Å². The molecule has 8 aromatic rings. The van der Waals surface area contributed by atoms with Crippen LogP contribution in [0, 0.1) is 0 Å². The molecule has 0 saturated heterocycles. The average molecular weight is 676 g/mol. The van der Waals surface area contributed by atoms with E-state index in [0.29, 0.717) is 0 Å². The lowest BCUT2D eigenvalue weighted by Crippen LogP contribution is -2.43. The number of hydrogen-bond donors (Lipinski definition) is 0. The third-order valence-electron chi connectivity index (χ3n) is 12.8. The Labute approximate surface area is 304 Å². The van der Waals surface area contributed by atoms with Crippen LogP contribution in [0.3, 0.4) is 0 Å². The second-order valence-corrected chi connectivity index (χ2v) is 17.3. The first-order chi connectivity index (χ1) is 24.6. The van der Waals surface area contributed by atoms with Crippen LogP contribution < -0.4 is 4.90 Å². The Kier molecular flexibility index (Phi) is 6.27. The molecule has 2 aliphatic rings. The summed E-state index contributed by atoms with van der Waals surface area (Å²) in [5.41, 5.74) is 14.5. The molecule has 248 valence electrons. The van der Waals surface area contributed by atoms with Crippen LogP contribution in [-0.2, 0) is 16.2 Å². The summed E-state index contributed by atoms with van der Waals surface area (Å²) in [4.78, 5) is 2.44. The van der Waals surface area contributed by atoms with Gasteiger partial charge in [0, 0.05) is 48.1 Å². The first-order valence-corrected chi connectivity index (χ1v) is 19.0. The highest BCUT2D eigenvalue weighted by Crippen LogP contribution is 2.57. The molecule has 1 aromatic heterocycles. The Morgan fingerprint density at radius 3 is 1.92 bits per heavy atom. The van der Waals surface area contributed by atoms with Crippen molar-refractivity contribution < 1.29 is 0 Å². The number of thiophene rings is 1. The summed E-state index contributed by atoms with van der Waals surface area (Å²) in [6.07, 6.45) is 0. The van der Waals surface area contributed by atoms with Crippen LogP contribution in [-0.4, -0.2) is 0 Å². The second kappa shape index (κ2) is 10.4. The van der Waals surface area contributed by atoms with E-state index in [1.54, 1.807) is 0 Å². The van der Waals surface area contributed by atoms with E-state index < -0.39 is 0 Å². The number of hydrogen-bond acceptors (Lipinski definition) is 2. The summed E-state index contributed by atoms with van der Waals surface area (Å²) in [6.45, 7) is 14.5. The normalized spacial score (nSPS) is 16.1. The number of para-hydroxylation sites is 1. The zero-order valence-electron chi connectivity index (χ0n) is 30.1. The van der Waals surface area contributed by atoms with Crippen LogP contribution >= 0.6 is 11.3 Å². The standard InChI is InChI=1S/C49H41NS/c1-47(2)41-19-13-12-18-35(41)36-24-21-33(27-42(36)47)50(31-15-8-7-9-16-31)32-22-25-44-39(26-32)40-28-38-37-23-20-30-14-10-11-17-34(30)46(37)49(5,6)48(3,4)43(38)29-45(40)51-44/h7-29H,1-6H3. The molecule has 0 unspecified atom stereocenters. The predicted molar refractivity (Wildman–Crippen MR) is 221 cm³/mol. The third-order valence-corrected chi connectivity index (χ3v) is 13.9. The Balaban J connectivity index is 1.18. The quantitative estimate of drug-likeness (QED) is 0.180. The molecule has 51 heavy (non-hydrogen) atoms. The van der Waals surface area contributed by atoms with Gasteiger partial charge in [0.1, 0.15) is 0 Å². The summed E-state index contributed by atoms with van der Waals surface area (Å²) in [5.74, 6) is 0. The summed E-state index contributed by atoms with van der Waals surface area (Å²) < 4.78 is 2.68. The van der Waals surface area contributed by atoms with E-state index in [2.05, 4.69) is 186 Å². The number of nitrogens with zero attached hydrogens (tertiary/aromatic N) is 1. The van der Waals surface area contributed by atoms with Gasteiger partial charge in [0.15, 0.2) is 0 Å². The molecule has 0 radical (unpaired) electrons. The monoisotopic (exact) mass is 675 g/mol. The highest BCUT2D eigenvalue weighted by molar-refractivity contribution is 7.25. The van der Waals surface area contributed by atoms with Crippen molar-refractivity contribution in [3.8, 4) is 22.3 Å².